The van der Waals surface area contributed by atoms with Crippen LogP contribution in [-0.4, -0.2) is 42.0 Å². The van der Waals surface area contributed by atoms with E-state index in [0.717, 1.165) is 53.9 Å². The van der Waals surface area contributed by atoms with Crippen molar-refractivity contribution in [3.63, 3.8) is 0 Å². The number of rotatable bonds is 4. The first-order chi connectivity index (χ1) is 12.2. The Balaban J connectivity index is 1.40. The number of carbonyl (C=O) groups is 1. The van der Waals surface area contributed by atoms with E-state index < -0.39 is 0 Å². The molecule has 0 radical (unpaired) electrons. The van der Waals surface area contributed by atoms with Gasteiger partial charge in [0.2, 0.25) is 0 Å². The first-order valence-electron chi connectivity index (χ1n) is 8.34. The van der Waals surface area contributed by atoms with Gasteiger partial charge in [-0.2, -0.15) is 22.7 Å². The number of hydrogen-bond donors (Lipinski definition) is 1. The number of amides is 1. The van der Waals surface area contributed by atoms with Crippen LogP contribution in [0.1, 0.15) is 20.9 Å². The zero-order chi connectivity index (χ0) is 17.2. The van der Waals surface area contributed by atoms with Gasteiger partial charge in [0.15, 0.2) is 0 Å². The Morgan fingerprint density at radius 1 is 1.20 bits per heavy atom. The van der Waals surface area contributed by atoms with Crippen LogP contribution in [-0.2, 0) is 6.54 Å². The normalized spacial score (nSPS) is 15.6. The van der Waals surface area contributed by atoms with E-state index in [1.54, 1.807) is 27.6 Å². The first kappa shape index (κ1) is 16.9. The molecule has 0 aliphatic carbocycles. The van der Waals surface area contributed by atoms with E-state index in [4.69, 9.17) is 0 Å². The third-order valence-corrected chi connectivity index (χ3v) is 7.16. The quantitative estimate of drug-likeness (QED) is 0.744. The lowest BCUT2D eigenvalue weighted by Crippen LogP contribution is -3.13. The van der Waals surface area contributed by atoms with E-state index in [-0.39, 0.29) is 5.91 Å². The van der Waals surface area contributed by atoms with Gasteiger partial charge in [0, 0.05) is 16.5 Å². The summed E-state index contributed by atoms with van der Waals surface area (Å²) in [6.07, 6.45) is 0. The van der Waals surface area contributed by atoms with Gasteiger partial charge < -0.3 is 9.80 Å². The number of thiazole rings is 1. The highest BCUT2D eigenvalue weighted by Crippen LogP contribution is 2.30. The summed E-state index contributed by atoms with van der Waals surface area (Å²) in [6.45, 7) is 6.67. The molecule has 1 aliphatic rings. The number of piperazine rings is 1. The minimum absolute atomic E-state index is 0.145. The van der Waals surface area contributed by atoms with Crippen molar-refractivity contribution in [1.82, 2.24) is 9.88 Å². The lowest BCUT2D eigenvalue weighted by molar-refractivity contribution is -0.917. The van der Waals surface area contributed by atoms with Gasteiger partial charge in [-0.3, -0.25) is 4.79 Å². The molecule has 1 saturated heterocycles. The van der Waals surface area contributed by atoms with Crippen molar-refractivity contribution >= 4 is 39.9 Å². The molecule has 0 atom stereocenters. The van der Waals surface area contributed by atoms with Gasteiger partial charge in [-0.05, 0) is 35.2 Å². The second kappa shape index (κ2) is 7.37. The third-order valence-electron chi connectivity index (χ3n) is 4.55. The Hall–Kier alpha value is -1.54. The maximum absolute atomic E-state index is 12.9. The number of quaternary nitrogens is 1. The van der Waals surface area contributed by atoms with E-state index in [1.807, 2.05) is 17.2 Å². The molecule has 4 rings (SSSR count). The molecule has 3 aromatic rings. The van der Waals surface area contributed by atoms with E-state index in [9.17, 15) is 4.79 Å². The minimum Gasteiger partial charge on any atom is -0.328 e. The van der Waals surface area contributed by atoms with Crippen LogP contribution >= 0.6 is 34.0 Å². The number of carbonyl (C=O) groups excluding carboxylic acids is 1. The predicted octanol–water partition coefficient (Wildman–Crippen LogP) is 2.78. The highest BCUT2D eigenvalue weighted by atomic mass is 32.1. The summed E-state index contributed by atoms with van der Waals surface area (Å²) < 4.78 is 0. The molecule has 1 N–H and O–H groups in total. The van der Waals surface area contributed by atoms with Crippen molar-refractivity contribution in [2.75, 3.05) is 26.2 Å². The van der Waals surface area contributed by atoms with Crippen molar-refractivity contribution in [2.24, 2.45) is 0 Å². The Labute approximate surface area is 159 Å². The molecule has 1 aliphatic heterocycles. The van der Waals surface area contributed by atoms with Crippen molar-refractivity contribution in [3.8, 4) is 10.6 Å². The molecule has 1 amide bonds. The van der Waals surface area contributed by atoms with Gasteiger partial charge in [-0.15, -0.1) is 11.3 Å². The molecule has 0 bridgehead atoms. The summed E-state index contributed by atoms with van der Waals surface area (Å²) in [7, 11) is 0. The van der Waals surface area contributed by atoms with Crippen molar-refractivity contribution < 1.29 is 9.69 Å². The Bertz CT molecular complexity index is 831. The number of hydrogen-bond acceptors (Lipinski definition) is 5. The molecule has 0 unspecified atom stereocenters. The van der Waals surface area contributed by atoms with Crippen LogP contribution in [0.25, 0.3) is 10.6 Å². The molecule has 3 aromatic heterocycles. The van der Waals surface area contributed by atoms with Crippen LogP contribution in [0.3, 0.4) is 0 Å². The maximum Gasteiger partial charge on any atom is 0.266 e. The van der Waals surface area contributed by atoms with Gasteiger partial charge in [-0.25, -0.2) is 4.98 Å². The fraction of sp³-hybridized carbons (Fsp3) is 0.333. The lowest BCUT2D eigenvalue weighted by Gasteiger charge is -2.32. The van der Waals surface area contributed by atoms with Crippen LogP contribution in [0.2, 0.25) is 0 Å². The van der Waals surface area contributed by atoms with E-state index >= 15 is 0 Å². The number of aromatic nitrogens is 1. The average Bonchev–Trinajstić information content (AvgIpc) is 3.36. The van der Waals surface area contributed by atoms with Crippen LogP contribution in [0, 0.1) is 6.92 Å². The summed E-state index contributed by atoms with van der Waals surface area (Å²) in [4.78, 5) is 21.9. The van der Waals surface area contributed by atoms with Gasteiger partial charge >= 0.3 is 0 Å². The molecule has 1 fully saturated rings. The van der Waals surface area contributed by atoms with Gasteiger partial charge in [0.1, 0.15) is 16.4 Å². The summed E-state index contributed by atoms with van der Waals surface area (Å²) in [5.74, 6) is 0.145. The Morgan fingerprint density at radius 3 is 2.64 bits per heavy atom. The van der Waals surface area contributed by atoms with E-state index in [1.165, 1.54) is 16.9 Å². The molecule has 130 valence electrons. The molecule has 0 aromatic carbocycles. The van der Waals surface area contributed by atoms with Crippen molar-refractivity contribution in [1.29, 1.82) is 0 Å². The number of aryl methyl sites for hydroxylation is 1. The SMILES string of the molecule is Cc1nc(-c2ccsc2)sc1C(=O)N1CC[NH+](Cc2ccsc2)CC1. The van der Waals surface area contributed by atoms with E-state index in [2.05, 4.69) is 33.3 Å². The molecular weight excluding hydrogens is 370 g/mol. The molecule has 0 saturated carbocycles. The zero-order valence-electron chi connectivity index (χ0n) is 14.0. The fourth-order valence-corrected chi connectivity index (χ4v) is 5.55. The second-order valence-electron chi connectivity index (χ2n) is 6.30. The lowest BCUT2D eigenvalue weighted by atomic mass is 10.2. The average molecular weight is 391 g/mol. The summed E-state index contributed by atoms with van der Waals surface area (Å²) in [5, 5.41) is 9.43. The monoisotopic (exact) mass is 390 g/mol. The van der Waals surface area contributed by atoms with Crippen LogP contribution in [0.15, 0.2) is 33.7 Å². The van der Waals surface area contributed by atoms with Gasteiger partial charge in [-0.1, -0.05) is 0 Å². The van der Waals surface area contributed by atoms with E-state index in [0.29, 0.717) is 0 Å². The smallest absolute Gasteiger partial charge is 0.266 e. The van der Waals surface area contributed by atoms with Crippen LogP contribution in [0.5, 0.6) is 0 Å². The molecule has 4 nitrogen and oxygen atoms in total. The third kappa shape index (κ3) is 3.69. The highest BCUT2D eigenvalue weighted by molar-refractivity contribution is 7.17. The van der Waals surface area contributed by atoms with Gasteiger partial charge in [0.05, 0.1) is 31.9 Å². The maximum atomic E-state index is 12.9. The summed E-state index contributed by atoms with van der Waals surface area (Å²) in [6, 6.07) is 4.26. The van der Waals surface area contributed by atoms with Crippen LogP contribution in [0.4, 0.5) is 0 Å². The first-order valence-corrected chi connectivity index (χ1v) is 11.0. The standard InChI is InChI=1S/C18H19N3OS3/c1-13-16(25-17(19-13)15-3-9-24-12-15)18(22)21-6-4-20(5-7-21)10-14-2-8-23-11-14/h2-3,8-9,11-12H,4-7,10H2,1H3/p+1. The Kier molecular flexibility index (Phi) is 4.98. The summed E-state index contributed by atoms with van der Waals surface area (Å²) in [5.41, 5.74) is 3.37. The minimum atomic E-state index is 0.145. The van der Waals surface area contributed by atoms with Gasteiger partial charge in [0.25, 0.3) is 5.91 Å². The Morgan fingerprint density at radius 2 is 1.96 bits per heavy atom. The highest BCUT2D eigenvalue weighted by Gasteiger charge is 2.27. The number of thiophene rings is 2. The predicted molar refractivity (Wildman–Crippen MR) is 105 cm³/mol. The molecule has 25 heavy (non-hydrogen) atoms. The fourth-order valence-electron chi connectivity index (χ4n) is 3.13. The zero-order valence-corrected chi connectivity index (χ0v) is 16.5. The second-order valence-corrected chi connectivity index (χ2v) is 8.86. The molecular formula is C18H20N3OS3+. The molecule has 0 spiro atoms. The molecule has 4 heterocycles. The van der Waals surface area contributed by atoms with Crippen LogP contribution < -0.4 is 4.90 Å². The summed E-state index contributed by atoms with van der Waals surface area (Å²) >= 11 is 4.93. The van der Waals surface area contributed by atoms with Crippen molar-refractivity contribution in [3.05, 3.63) is 49.8 Å². The molecule has 7 heteroatoms. The number of nitrogens with zero attached hydrogens (tertiary/aromatic N) is 2. The topological polar surface area (TPSA) is 37.6 Å². The number of nitrogens with one attached hydrogen (secondary N) is 1. The largest absolute Gasteiger partial charge is 0.328 e. The van der Waals surface area contributed by atoms with Crippen molar-refractivity contribution in [2.45, 2.75) is 13.5 Å².